The minimum absolute atomic E-state index is 0.151. The molecule has 0 bridgehead atoms. The highest BCUT2D eigenvalue weighted by Gasteiger charge is 2.33. The van der Waals surface area contributed by atoms with Crippen molar-refractivity contribution in [3.63, 3.8) is 0 Å². The zero-order valence-corrected chi connectivity index (χ0v) is 20.3. The Kier molecular flexibility index (Phi) is 5.35. The Labute approximate surface area is 213 Å². The molecule has 0 amide bonds. The van der Waals surface area contributed by atoms with Crippen LogP contribution in [0, 0.1) is 10.1 Å². The average Bonchev–Trinajstić information content (AvgIpc) is 3.19. The molecule has 1 N–H and O–H groups in total. The van der Waals surface area contributed by atoms with E-state index in [9.17, 15) is 20.0 Å². The lowest BCUT2D eigenvalue weighted by Crippen LogP contribution is -2.38. The van der Waals surface area contributed by atoms with Gasteiger partial charge >= 0.3 is 0 Å². The molecule has 3 aromatic carbocycles. The number of aryl methyl sites for hydroxylation is 1. The standard InChI is InChI=1S/C27H18ClN3O4S/c28-21-8-4-3-7-19(21)25-20-11-9-15-5-1-2-6-18(15)24(20)29-27-30(25)26(33)23(36-27)14-16-13-17(31(34)35)10-12-22(16)32/h1-8,10,12-14,25,32H,9,11H2/b23-14-/t25-/m0/s1. The number of rotatable bonds is 3. The summed E-state index contributed by atoms with van der Waals surface area (Å²) in [4.78, 5) is 29.9. The molecule has 7 nitrogen and oxygen atoms in total. The number of phenols is 1. The van der Waals surface area contributed by atoms with E-state index in [-0.39, 0.29) is 22.6 Å². The predicted octanol–water partition coefficient (Wildman–Crippen LogP) is 4.59. The average molecular weight is 516 g/mol. The second-order valence-electron chi connectivity index (χ2n) is 8.64. The Morgan fingerprint density at radius 3 is 2.69 bits per heavy atom. The molecule has 0 radical (unpaired) electrons. The predicted molar refractivity (Wildman–Crippen MR) is 139 cm³/mol. The zero-order chi connectivity index (χ0) is 25.0. The maximum absolute atomic E-state index is 13.8. The smallest absolute Gasteiger partial charge is 0.271 e. The molecule has 0 saturated carbocycles. The van der Waals surface area contributed by atoms with E-state index >= 15 is 0 Å². The fourth-order valence-electron chi connectivity index (χ4n) is 4.91. The highest BCUT2D eigenvalue weighted by molar-refractivity contribution is 7.07. The molecule has 178 valence electrons. The van der Waals surface area contributed by atoms with Crippen LogP contribution in [0.1, 0.15) is 34.7 Å². The van der Waals surface area contributed by atoms with E-state index in [1.54, 1.807) is 4.57 Å². The van der Waals surface area contributed by atoms with Gasteiger partial charge in [-0.25, -0.2) is 4.99 Å². The number of hydrogen-bond donors (Lipinski definition) is 1. The molecule has 1 atom stereocenters. The van der Waals surface area contributed by atoms with Crippen LogP contribution in [0.2, 0.25) is 5.02 Å². The molecule has 9 heteroatoms. The van der Waals surface area contributed by atoms with Crippen LogP contribution < -0.4 is 14.9 Å². The Bertz CT molecular complexity index is 1790. The Hall–Kier alpha value is -4.01. The lowest BCUT2D eigenvalue weighted by molar-refractivity contribution is -0.384. The third-order valence-electron chi connectivity index (χ3n) is 6.58. The normalized spacial score (nSPS) is 16.7. The number of fused-ring (bicyclic) bond motifs is 3. The molecule has 0 unspecified atom stereocenters. The minimum Gasteiger partial charge on any atom is -0.507 e. The molecule has 36 heavy (non-hydrogen) atoms. The van der Waals surface area contributed by atoms with E-state index in [1.165, 1.54) is 41.2 Å². The van der Waals surface area contributed by atoms with Crippen molar-refractivity contribution in [2.24, 2.45) is 4.99 Å². The van der Waals surface area contributed by atoms with Crippen LogP contribution in [0.4, 0.5) is 5.69 Å². The molecule has 2 heterocycles. The van der Waals surface area contributed by atoms with Gasteiger partial charge in [0.1, 0.15) is 5.75 Å². The number of phenolic OH excluding ortho intramolecular Hbond substituents is 1. The summed E-state index contributed by atoms with van der Waals surface area (Å²) < 4.78 is 1.97. The van der Waals surface area contributed by atoms with Gasteiger partial charge in [-0.15, -0.1) is 0 Å². The second kappa shape index (κ2) is 8.58. The van der Waals surface area contributed by atoms with Crippen LogP contribution in [0.3, 0.4) is 0 Å². The number of halogens is 1. The van der Waals surface area contributed by atoms with E-state index in [0.717, 1.165) is 35.2 Å². The van der Waals surface area contributed by atoms with Crippen LogP contribution >= 0.6 is 22.9 Å². The quantitative estimate of drug-likeness (QED) is 0.319. The van der Waals surface area contributed by atoms with Gasteiger partial charge in [-0.1, -0.05) is 65.4 Å². The number of hydrogen-bond acceptors (Lipinski definition) is 6. The summed E-state index contributed by atoms with van der Waals surface area (Å²) in [5.41, 5.74) is 4.67. The minimum atomic E-state index is -0.540. The molecule has 1 aliphatic heterocycles. The fraction of sp³-hybridized carbons (Fsp3) is 0.111. The van der Waals surface area contributed by atoms with Gasteiger partial charge in [0, 0.05) is 28.3 Å². The second-order valence-corrected chi connectivity index (χ2v) is 10.1. The number of allylic oxidation sites excluding steroid dienone is 1. The van der Waals surface area contributed by atoms with E-state index < -0.39 is 11.0 Å². The van der Waals surface area contributed by atoms with Gasteiger partial charge in [0.05, 0.1) is 21.2 Å². The number of non-ortho nitro benzene ring substituents is 1. The van der Waals surface area contributed by atoms with Gasteiger partial charge in [0.15, 0.2) is 4.80 Å². The van der Waals surface area contributed by atoms with E-state index in [1.807, 2.05) is 42.5 Å². The first-order valence-corrected chi connectivity index (χ1v) is 12.5. The zero-order valence-electron chi connectivity index (χ0n) is 18.7. The maximum Gasteiger partial charge on any atom is 0.271 e. The molecule has 0 spiro atoms. The van der Waals surface area contributed by atoms with E-state index in [2.05, 4.69) is 6.07 Å². The van der Waals surface area contributed by atoms with E-state index in [0.29, 0.717) is 14.4 Å². The van der Waals surface area contributed by atoms with Crippen LogP contribution in [0.5, 0.6) is 5.75 Å². The lowest BCUT2D eigenvalue weighted by atomic mass is 9.83. The third kappa shape index (κ3) is 3.57. The van der Waals surface area contributed by atoms with Crippen molar-refractivity contribution < 1.29 is 10.0 Å². The molecular weight excluding hydrogens is 498 g/mol. The Morgan fingerprint density at radius 2 is 1.89 bits per heavy atom. The van der Waals surface area contributed by atoms with Crippen molar-refractivity contribution in [2.75, 3.05) is 0 Å². The Balaban J connectivity index is 1.63. The fourth-order valence-corrected chi connectivity index (χ4v) is 6.14. The molecule has 1 aromatic heterocycles. The molecule has 4 aromatic rings. The summed E-state index contributed by atoms with van der Waals surface area (Å²) in [5.74, 6) is -0.151. The van der Waals surface area contributed by atoms with Crippen LogP contribution in [0.25, 0.3) is 11.8 Å². The molecule has 2 aliphatic rings. The van der Waals surface area contributed by atoms with Gasteiger partial charge in [-0.05, 0) is 47.8 Å². The highest BCUT2D eigenvalue weighted by atomic mass is 35.5. The maximum atomic E-state index is 13.8. The van der Waals surface area contributed by atoms with Crippen molar-refractivity contribution >= 4 is 40.4 Å². The number of nitrogens with zero attached hydrogens (tertiary/aromatic N) is 3. The third-order valence-corrected chi connectivity index (χ3v) is 7.91. The van der Waals surface area contributed by atoms with Gasteiger partial charge in [0.25, 0.3) is 11.2 Å². The monoisotopic (exact) mass is 515 g/mol. The SMILES string of the molecule is O=c1/c(=C/c2cc([N+](=O)[O-])ccc2O)sc2n1[C@@H](c1ccccc1Cl)C1=C(N=2)c2ccccc2CC1. The van der Waals surface area contributed by atoms with Crippen LogP contribution in [-0.2, 0) is 6.42 Å². The summed E-state index contributed by atoms with van der Waals surface area (Å²) in [7, 11) is 0. The number of benzene rings is 3. The molecule has 6 rings (SSSR count). The van der Waals surface area contributed by atoms with Gasteiger partial charge in [0.2, 0.25) is 0 Å². The largest absolute Gasteiger partial charge is 0.507 e. The summed E-state index contributed by atoms with van der Waals surface area (Å²) in [6, 6.07) is 18.9. The van der Waals surface area contributed by atoms with Crippen molar-refractivity contribution in [1.82, 2.24) is 4.57 Å². The summed E-state index contributed by atoms with van der Waals surface area (Å²) in [6.07, 6.45) is 3.05. The van der Waals surface area contributed by atoms with Crippen LogP contribution in [-0.4, -0.2) is 14.6 Å². The van der Waals surface area contributed by atoms with Crippen LogP contribution in [0.15, 0.2) is 82.1 Å². The summed E-state index contributed by atoms with van der Waals surface area (Å²) in [5, 5.41) is 22.1. The number of thiazole rings is 1. The highest BCUT2D eigenvalue weighted by Crippen LogP contribution is 2.42. The number of nitro benzene ring substituents is 1. The first kappa shape index (κ1) is 22.5. The van der Waals surface area contributed by atoms with Crippen molar-refractivity contribution in [1.29, 1.82) is 0 Å². The van der Waals surface area contributed by atoms with E-state index in [4.69, 9.17) is 16.6 Å². The summed E-state index contributed by atoms with van der Waals surface area (Å²) >= 11 is 7.83. The van der Waals surface area contributed by atoms with Crippen molar-refractivity contribution in [2.45, 2.75) is 18.9 Å². The number of aromatic nitrogens is 1. The molecule has 1 aliphatic carbocycles. The molecular formula is C27H18ClN3O4S. The van der Waals surface area contributed by atoms with Gasteiger partial charge in [-0.3, -0.25) is 19.5 Å². The first-order chi connectivity index (χ1) is 17.4. The molecule has 0 fully saturated rings. The van der Waals surface area contributed by atoms with Gasteiger partial charge < -0.3 is 5.11 Å². The molecule has 0 saturated heterocycles. The Morgan fingerprint density at radius 1 is 1.11 bits per heavy atom. The van der Waals surface area contributed by atoms with Gasteiger partial charge in [-0.2, -0.15) is 0 Å². The summed E-state index contributed by atoms with van der Waals surface area (Å²) in [6.45, 7) is 0. The van der Waals surface area contributed by atoms with Crippen molar-refractivity contribution in [3.05, 3.63) is 129 Å². The van der Waals surface area contributed by atoms with Crippen molar-refractivity contribution in [3.8, 4) is 5.75 Å². The lowest BCUT2D eigenvalue weighted by Gasteiger charge is -2.31. The number of nitro groups is 1. The number of aromatic hydroxyl groups is 1. The topological polar surface area (TPSA) is 97.7 Å². The first-order valence-electron chi connectivity index (χ1n) is 11.3.